The fraction of sp³-hybridized carbons (Fsp3) is 0.0769. The Morgan fingerprint density at radius 1 is 1.18 bits per heavy atom. The van der Waals surface area contributed by atoms with E-state index in [1.54, 1.807) is 6.07 Å². The molecule has 2 rings (SSSR count). The van der Waals surface area contributed by atoms with Crippen molar-refractivity contribution in [2.75, 3.05) is 0 Å². The van der Waals surface area contributed by atoms with E-state index in [0.717, 1.165) is 4.47 Å². The van der Waals surface area contributed by atoms with Crippen molar-refractivity contribution < 1.29 is 14.2 Å². The number of phenols is 1. The van der Waals surface area contributed by atoms with Gasteiger partial charge >= 0.3 is 0 Å². The van der Waals surface area contributed by atoms with Crippen molar-refractivity contribution >= 4 is 15.9 Å². The van der Waals surface area contributed by atoms with Gasteiger partial charge in [0.05, 0.1) is 0 Å². The Kier molecular flexibility index (Phi) is 3.64. The number of hydrogen-bond donors (Lipinski definition) is 1. The molecule has 0 bridgehead atoms. The van der Waals surface area contributed by atoms with Gasteiger partial charge in [-0.15, -0.1) is 0 Å². The van der Waals surface area contributed by atoms with Gasteiger partial charge in [-0.05, 0) is 35.9 Å². The maximum Gasteiger partial charge on any atom is 0.165 e. The third-order valence-corrected chi connectivity index (χ3v) is 2.71. The first-order chi connectivity index (χ1) is 8.15. The third kappa shape index (κ3) is 3.20. The van der Waals surface area contributed by atoms with Gasteiger partial charge in [0.2, 0.25) is 0 Å². The van der Waals surface area contributed by atoms with Crippen LogP contribution < -0.4 is 4.74 Å². The fourth-order valence-corrected chi connectivity index (χ4v) is 1.74. The molecule has 0 unspecified atom stereocenters. The lowest BCUT2D eigenvalue weighted by Crippen LogP contribution is -1.95. The monoisotopic (exact) mass is 296 g/mol. The number of hydrogen-bond acceptors (Lipinski definition) is 2. The fourth-order valence-electron chi connectivity index (χ4n) is 1.36. The summed E-state index contributed by atoms with van der Waals surface area (Å²) in [6.07, 6.45) is 0. The molecule has 0 spiro atoms. The highest BCUT2D eigenvalue weighted by Crippen LogP contribution is 2.20. The molecule has 0 saturated heterocycles. The van der Waals surface area contributed by atoms with Gasteiger partial charge in [0, 0.05) is 4.47 Å². The zero-order chi connectivity index (χ0) is 12.3. The van der Waals surface area contributed by atoms with E-state index in [-0.39, 0.29) is 12.4 Å². The van der Waals surface area contributed by atoms with Crippen LogP contribution in [0.25, 0.3) is 0 Å². The standard InChI is InChI=1S/C13H10BrFO2/c14-10-2-1-3-11(7-10)17-8-9-4-5-13(16)12(15)6-9/h1-7,16H,8H2. The maximum absolute atomic E-state index is 13.1. The quantitative estimate of drug-likeness (QED) is 0.931. The van der Waals surface area contributed by atoms with Gasteiger partial charge in [0.25, 0.3) is 0 Å². The summed E-state index contributed by atoms with van der Waals surface area (Å²) < 4.78 is 19.5. The number of aromatic hydroxyl groups is 1. The summed E-state index contributed by atoms with van der Waals surface area (Å²) >= 11 is 3.34. The second kappa shape index (κ2) is 5.19. The first kappa shape index (κ1) is 11.9. The molecule has 0 aromatic heterocycles. The summed E-state index contributed by atoms with van der Waals surface area (Å²) in [7, 11) is 0. The number of benzene rings is 2. The van der Waals surface area contributed by atoms with E-state index in [1.807, 2.05) is 24.3 Å². The Labute approximate surface area is 107 Å². The molecule has 0 fully saturated rings. The molecule has 2 aromatic rings. The van der Waals surface area contributed by atoms with Crippen LogP contribution in [0.3, 0.4) is 0 Å². The summed E-state index contributed by atoms with van der Waals surface area (Å²) in [5.41, 5.74) is 0.667. The second-order valence-corrected chi connectivity index (χ2v) is 4.45. The van der Waals surface area contributed by atoms with E-state index in [0.29, 0.717) is 11.3 Å². The van der Waals surface area contributed by atoms with Crippen LogP contribution in [0.15, 0.2) is 46.9 Å². The largest absolute Gasteiger partial charge is 0.505 e. The first-order valence-electron chi connectivity index (χ1n) is 5.01. The van der Waals surface area contributed by atoms with Gasteiger partial charge in [-0.2, -0.15) is 0 Å². The van der Waals surface area contributed by atoms with E-state index >= 15 is 0 Å². The van der Waals surface area contributed by atoms with E-state index in [4.69, 9.17) is 9.84 Å². The molecule has 0 saturated carbocycles. The normalized spacial score (nSPS) is 10.2. The van der Waals surface area contributed by atoms with Gasteiger partial charge in [-0.25, -0.2) is 4.39 Å². The topological polar surface area (TPSA) is 29.5 Å². The predicted octanol–water partition coefficient (Wildman–Crippen LogP) is 3.87. The zero-order valence-electron chi connectivity index (χ0n) is 8.86. The lowest BCUT2D eigenvalue weighted by atomic mass is 10.2. The van der Waals surface area contributed by atoms with Crippen LogP contribution in [0.1, 0.15) is 5.56 Å². The van der Waals surface area contributed by atoms with Crippen molar-refractivity contribution in [1.82, 2.24) is 0 Å². The third-order valence-electron chi connectivity index (χ3n) is 2.21. The molecule has 1 N–H and O–H groups in total. The summed E-state index contributed by atoms with van der Waals surface area (Å²) in [5, 5.41) is 9.04. The zero-order valence-corrected chi connectivity index (χ0v) is 10.4. The molecular formula is C13H10BrFO2. The Balaban J connectivity index is 2.05. The van der Waals surface area contributed by atoms with Crippen molar-refractivity contribution in [1.29, 1.82) is 0 Å². The molecule has 2 nitrogen and oxygen atoms in total. The van der Waals surface area contributed by atoms with Crippen LogP contribution in [-0.4, -0.2) is 5.11 Å². The minimum atomic E-state index is -0.639. The van der Waals surface area contributed by atoms with E-state index in [1.165, 1.54) is 12.1 Å². The lowest BCUT2D eigenvalue weighted by molar-refractivity contribution is 0.305. The van der Waals surface area contributed by atoms with Crippen LogP contribution in [0.2, 0.25) is 0 Å². The van der Waals surface area contributed by atoms with Gasteiger partial charge in [0.15, 0.2) is 11.6 Å². The Hall–Kier alpha value is -1.55. The van der Waals surface area contributed by atoms with E-state index in [9.17, 15) is 4.39 Å². The van der Waals surface area contributed by atoms with E-state index < -0.39 is 5.82 Å². The van der Waals surface area contributed by atoms with Crippen molar-refractivity contribution in [3.05, 3.63) is 58.3 Å². The lowest BCUT2D eigenvalue weighted by Gasteiger charge is -2.07. The molecule has 0 aliphatic carbocycles. The molecular weight excluding hydrogens is 287 g/mol. The minimum absolute atomic E-state index is 0.258. The minimum Gasteiger partial charge on any atom is -0.505 e. The van der Waals surface area contributed by atoms with Crippen molar-refractivity contribution in [3.8, 4) is 11.5 Å². The number of phenolic OH excluding ortho intramolecular Hbond substituents is 1. The van der Waals surface area contributed by atoms with Crippen LogP contribution in [0.4, 0.5) is 4.39 Å². The van der Waals surface area contributed by atoms with Gasteiger partial charge in [0.1, 0.15) is 12.4 Å². The Morgan fingerprint density at radius 2 is 2.00 bits per heavy atom. The summed E-state index contributed by atoms with van der Waals surface area (Å²) in [4.78, 5) is 0. The average Bonchev–Trinajstić information content (AvgIpc) is 2.31. The molecule has 0 heterocycles. The van der Waals surface area contributed by atoms with Crippen LogP contribution in [0, 0.1) is 5.82 Å². The van der Waals surface area contributed by atoms with Crippen LogP contribution in [0.5, 0.6) is 11.5 Å². The number of ether oxygens (including phenoxy) is 1. The van der Waals surface area contributed by atoms with Crippen LogP contribution in [-0.2, 0) is 6.61 Å². The smallest absolute Gasteiger partial charge is 0.165 e. The highest BCUT2D eigenvalue weighted by molar-refractivity contribution is 9.10. The van der Waals surface area contributed by atoms with Crippen molar-refractivity contribution in [2.24, 2.45) is 0 Å². The molecule has 0 amide bonds. The second-order valence-electron chi connectivity index (χ2n) is 3.53. The van der Waals surface area contributed by atoms with Crippen LogP contribution >= 0.6 is 15.9 Å². The highest BCUT2D eigenvalue weighted by atomic mass is 79.9. The van der Waals surface area contributed by atoms with E-state index in [2.05, 4.69) is 15.9 Å². The SMILES string of the molecule is Oc1ccc(COc2cccc(Br)c2)cc1F. The van der Waals surface area contributed by atoms with Gasteiger partial charge in [-0.1, -0.05) is 28.1 Å². The molecule has 4 heteroatoms. The number of rotatable bonds is 3. The first-order valence-corrected chi connectivity index (χ1v) is 5.80. The Morgan fingerprint density at radius 3 is 2.71 bits per heavy atom. The predicted molar refractivity (Wildman–Crippen MR) is 66.5 cm³/mol. The summed E-state index contributed by atoms with van der Waals surface area (Å²) in [5.74, 6) is -0.288. The number of halogens is 2. The Bertz CT molecular complexity index is 529. The molecule has 2 aromatic carbocycles. The van der Waals surface area contributed by atoms with Gasteiger partial charge < -0.3 is 9.84 Å². The van der Waals surface area contributed by atoms with Crippen molar-refractivity contribution in [3.63, 3.8) is 0 Å². The molecule has 17 heavy (non-hydrogen) atoms. The van der Waals surface area contributed by atoms with Gasteiger partial charge in [-0.3, -0.25) is 0 Å². The molecule has 0 aliphatic heterocycles. The maximum atomic E-state index is 13.1. The average molecular weight is 297 g/mol. The van der Waals surface area contributed by atoms with Crippen molar-refractivity contribution in [2.45, 2.75) is 6.61 Å². The summed E-state index contributed by atoms with van der Waals surface area (Å²) in [6, 6.07) is 11.6. The molecule has 0 radical (unpaired) electrons. The molecule has 0 aliphatic rings. The summed E-state index contributed by atoms with van der Waals surface area (Å²) in [6.45, 7) is 0.258. The molecule has 88 valence electrons. The molecule has 0 atom stereocenters. The highest BCUT2D eigenvalue weighted by Gasteiger charge is 2.02.